The van der Waals surface area contributed by atoms with Crippen LogP contribution in [0.2, 0.25) is 0 Å². The highest BCUT2D eigenvalue weighted by molar-refractivity contribution is 7.92. The van der Waals surface area contributed by atoms with Crippen LogP contribution in [0.15, 0.2) is 47.4 Å². The number of anilines is 1. The van der Waals surface area contributed by atoms with Crippen molar-refractivity contribution in [3.63, 3.8) is 0 Å². The topological polar surface area (TPSA) is 75.3 Å². The summed E-state index contributed by atoms with van der Waals surface area (Å²) in [6, 6.07) is 11.6. The summed E-state index contributed by atoms with van der Waals surface area (Å²) in [7, 11) is -3.73. The number of carbonyl (C=O) groups excluding carboxylic acids is 1. The fourth-order valence-corrected chi connectivity index (χ4v) is 3.73. The lowest BCUT2D eigenvalue weighted by atomic mass is 10.1. The zero-order valence-electron chi connectivity index (χ0n) is 15.9. The number of para-hydroxylation sites is 1. The molecule has 6 heteroatoms. The Morgan fingerprint density at radius 1 is 1.04 bits per heavy atom. The van der Waals surface area contributed by atoms with Crippen LogP contribution in [-0.2, 0) is 16.4 Å². The van der Waals surface area contributed by atoms with Crippen molar-refractivity contribution < 1.29 is 13.2 Å². The summed E-state index contributed by atoms with van der Waals surface area (Å²) in [5.74, 6) is -0.235. The Morgan fingerprint density at radius 2 is 1.65 bits per heavy atom. The first kappa shape index (κ1) is 20.0. The lowest BCUT2D eigenvalue weighted by molar-refractivity contribution is 0.0919. The fourth-order valence-electron chi connectivity index (χ4n) is 2.56. The fraction of sp³-hybridized carbons (Fsp3) is 0.350. The third-order valence-corrected chi connectivity index (χ3v) is 5.26. The Bertz CT molecular complexity index is 896. The molecule has 0 fully saturated rings. The molecule has 26 heavy (non-hydrogen) atoms. The minimum atomic E-state index is -3.73. The van der Waals surface area contributed by atoms with E-state index in [0.717, 1.165) is 17.5 Å². The molecule has 0 saturated heterocycles. The molecule has 2 N–H and O–H groups in total. The van der Waals surface area contributed by atoms with Crippen molar-refractivity contribution in [3.05, 3.63) is 59.2 Å². The summed E-state index contributed by atoms with van der Waals surface area (Å²) in [4.78, 5) is 12.3. The predicted octanol–water partition coefficient (Wildman–Crippen LogP) is 3.89. The number of hydrogen-bond acceptors (Lipinski definition) is 3. The standard InChI is InChI=1S/C20H26N2O3S/c1-6-15-9-7-8-14(2)18(15)22-26(24,25)17-12-10-16(11-13-17)19(23)21-20(3,4)5/h7-13,22H,6H2,1-5H3,(H,21,23). The van der Waals surface area contributed by atoms with Crippen molar-refractivity contribution in [3.8, 4) is 0 Å². The Morgan fingerprint density at radius 3 is 2.19 bits per heavy atom. The molecule has 2 rings (SSSR count). The highest BCUT2D eigenvalue weighted by Crippen LogP contribution is 2.24. The van der Waals surface area contributed by atoms with Gasteiger partial charge in [-0.1, -0.05) is 25.1 Å². The van der Waals surface area contributed by atoms with E-state index in [4.69, 9.17) is 0 Å². The van der Waals surface area contributed by atoms with Gasteiger partial charge in [0.25, 0.3) is 15.9 Å². The third kappa shape index (κ3) is 4.85. The highest BCUT2D eigenvalue weighted by atomic mass is 32.2. The molecule has 0 atom stereocenters. The van der Waals surface area contributed by atoms with Gasteiger partial charge in [0.05, 0.1) is 10.6 Å². The maximum atomic E-state index is 12.7. The molecule has 0 saturated carbocycles. The van der Waals surface area contributed by atoms with Crippen molar-refractivity contribution in [1.29, 1.82) is 0 Å². The van der Waals surface area contributed by atoms with Gasteiger partial charge in [0.15, 0.2) is 0 Å². The molecule has 2 aromatic rings. The Balaban J connectivity index is 2.27. The monoisotopic (exact) mass is 374 g/mol. The Hall–Kier alpha value is -2.34. The average molecular weight is 375 g/mol. The summed E-state index contributed by atoms with van der Waals surface area (Å²) in [5.41, 5.74) is 2.49. The highest BCUT2D eigenvalue weighted by Gasteiger charge is 2.19. The molecule has 0 aromatic heterocycles. The predicted molar refractivity (Wildman–Crippen MR) is 105 cm³/mol. The summed E-state index contributed by atoms with van der Waals surface area (Å²) in [5, 5.41) is 2.85. The SMILES string of the molecule is CCc1cccc(C)c1NS(=O)(=O)c1ccc(C(=O)NC(C)(C)C)cc1. The van der Waals surface area contributed by atoms with Gasteiger partial charge in [-0.25, -0.2) is 8.42 Å². The number of rotatable bonds is 5. The second kappa shape index (κ2) is 7.50. The first-order valence-electron chi connectivity index (χ1n) is 8.57. The van der Waals surface area contributed by atoms with Gasteiger partial charge >= 0.3 is 0 Å². The summed E-state index contributed by atoms with van der Waals surface area (Å²) in [6.07, 6.45) is 0.728. The maximum Gasteiger partial charge on any atom is 0.261 e. The van der Waals surface area contributed by atoms with E-state index < -0.39 is 10.0 Å². The van der Waals surface area contributed by atoms with Crippen LogP contribution in [0, 0.1) is 6.92 Å². The molecule has 0 spiro atoms. The van der Waals surface area contributed by atoms with E-state index in [9.17, 15) is 13.2 Å². The van der Waals surface area contributed by atoms with E-state index in [0.29, 0.717) is 11.3 Å². The smallest absolute Gasteiger partial charge is 0.261 e. The number of hydrogen-bond donors (Lipinski definition) is 2. The van der Waals surface area contributed by atoms with Crippen LogP contribution in [0.25, 0.3) is 0 Å². The number of aryl methyl sites for hydroxylation is 2. The molecule has 0 radical (unpaired) electrons. The molecule has 0 bridgehead atoms. The molecule has 0 unspecified atom stereocenters. The van der Waals surface area contributed by atoms with Gasteiger partial charge in [-0.2, -0.15) is 0 Å². The van der Waals surface area contributed by atoms with E-state index in [1.165, 1.54) is 24.3 Å². The number of benzene rings is 2. The molecule has 140 valence electrons. The van der Waals surface area contributed by atoms with Gasteiger partial charge in [-0.3, -0.25) is 9.52 Å². The van der Waals surface area contributed by atoms with Crippen molar-refractivity contribution in [2.45, 2.75) is 51.5 Å². The first-order valence-corrected chi connectivity index (χ1v) is 10.1. The molecule has 0 aliphatic rings. The molecule has 0 aliphatic carbocycles. The number of nitrogens with one attached hydrogen (secondary N) is 2. The minimum absolute atomic E-state index is 0.120. The van der Waals surface area contributed by atoms with Gasteiger partial charge in [0, 0.05) is 11.1 Å². The second-order valence-corrected chi connectivity index (χ2v) is 8.98. The maximum absolute atomic E-state index is 12.7. The Labute approximate surface area is 155 Å². The van der Waals surface area contributed by atoms with Crippen LogP contribution in [-0.4, -0.2) is 19.9 Å². The second-order valence-electron chi connectivity index (χ2n) is 7.30. The van der Waals surface area contributed by atoms with Crippen LogP contribution >= 0.6 is 0 Å². The first-order chi connectivity index (χ1) is 12.0. The van der Waals surface area contributed by atoms with Gasteiger partial charge in [0.2, 0.25) is 0 Å². The van der Waals surface area contributed by atoms with E-state index in [-0.39, 0.29) is 16.3 Å². The lowest BCUT2D eigenvalue weighted by Gasteiger charge is -2.20. The van der Waals surface area contributed by atoms with Crippen molar-refractivity contribution in [2.75, 3.05) is 4.72 Å². The Kier molecular flexibility index (Phi) is 5.76. The molecule has 0 aliphatic heterocycles. The lowest BCUT2D eigenvalue weighted by Crippen LogP contribution is -2.40. The molecule has 5 nitrogen and oxygen atoms in total. The summed E-state index contributed by atoms with van der Waals surface area (Å²) >= 11 is 0. The van der Waals surface area contributed by atoms with E-state index >= 15 is 0 Å². The quantitative estimate of drug-likeness (QED) is 0.834. The van der Waals surface area contributed by atoms with Crippen LogP contribution in [0.3, 0.4) is 0 Å². The normalized spacial score (nSPS) is 11.9. The van der Waals surface area contributed by atoms with Crippen LogP contribution in [0.4, 0.5) is 5.69 Å². The number of sulfonamides is 1. The van der Waals surface area contributed by atoms with E-state index in [1.807, 2.05) is 52.8 Å². The number of amides is 1. The van der Waals surface area contributed by atoms with Gasteiger partial charge in [-0.05, 0) is 69.5 Å². The molecule has 0 heterocycles. The molecule has 2 aromatic carbocycles. The van der Waals surface area contributed by atoms with Gasteiger partial charge in [-0.15, -0.1) is 0 Å². The largest absolute Gasteiger partial charge is 0.347 e. The van der Waals surface area contributed by atoms with Crippen LogP contribution in [0.5, 0.6) is 0 Å². The summed E-state index contributed by atoms with van der Waals surface area (Å²) in [6.45, 7) is 9.52. The van der Waals surface area contributed by atoms with Crippen molar-refractivity contribution in [2.24, 2.45) is 0 Å². The third-order valence-electron chi connectivity index (χ3n) is 3.89. The van der Waals surface area contributed by atoms with E-state index in [2.05, 4.69) is 10.0 Å². The van der Waals surface area contributed by atoms with Gasteiger partial charge < -0.3 is 5.32 Å². The van der Waals surface area contributed by atoms with Crippen molar-refractivity contribution in [1.82, 2.24) is 5.32 Å². The van der Waals surface area contributed by atoms with E-state index in [1.54, 1.807) is 0 Å². The molecular weight excluding hydrogens is 348 g/mol. The molecular formula is C20H26N2O3S. The molecule has 1 amide bonds. The van der Waals surface area contributed by atoms with Gasteiger partial charge in [0.1, 0.15) is 0 Å². The average Bonchev–Trinajstić information content (AvgIpc) is 2.55. The zero-order chi connectivity index (χ0) is 19.5. The van der Waals surface area contributed by atoms with Crippen LogP contribution in [0.1, 0.15) is 49.2 Å². The summed E-state index contributed by atoms with van der Waals surface area (Å²) < 4.78 is 28.1. The number of carbonyl (C=O) groups is 1. The van der Waals surface area contributed by atoms with Crippen LogP contribution < -0.4 is 10.0 Å². The minimum Gasteiger partial charge on any atom is -0.347 e. The van der Waals surface area contributed by atoms with Crippen molar-refractivity contribution >= 4 is 21.6 Å². The zero-order valence-corrected chi connectivity index (χ0v) is 16.7.